The first-order chi connectivity index (χ1) is 7.24. The van der Waals surface area contributed by atoms with Gasteiger partial charge in [0, 0.05) is 10.9 Å². The Bertz CT molecular complexity index is 502. The van der Waals surface area contributed by atoms with Crippen LogP contribution in [0.3, 0.4) is 0 Å². The molecular formula is C9H13NO4S2. The number of carbonyl (C=O) groups is 1. The van der Waals surface area contributed by atoms with Gasteiger partial charge in [0.2, 0.25) is 10.0 Å². The lowest BCUT2D eigenvalue weighted by Gasteiger charge is -2.08. The zero-order valence-electron chi connectivity index (χ0n) is 9.14. The van der Waals surface area contributed by atoms with Crippen LogP contribution >= 0.6 is 11.3 Å². The Morgan fingerprint density at radius 1 is 1.50 bits per heavy atom. The number of aromatic carboxylic acids is 1. The minimum atomic E-state index is -3.61. The van der Waals surface area contributed by atoms with Crippen molar-refractivity contribution in [1.82, 2.24) is 4.72 Å². The summed E-state index contributed by atoms with van der Waals surface area (Å²) in [7, 11) is -3.61. The Hall–Kier alpha value is -0.920. The van der Waals surface area contributed by atoms with Crippen molar-refractivity contribution < 1.29 is 18.3 Å². The molecule has 0 spiro atoms. The third-order valence-corrected chi connectivity index (χ3v) is 4.72. The van der Waals surface area contributed by atoms with Crippen LogP contribution in [-0.4, -0.2) is 25.5 Å². The predicted molar refractivity (Wildman–Crippen MR) is 61.5 cm³/mol. The molecule has 5 nitrogen and oxygen atoms in total. The summed E-state index contributed by atoms with van der Waals surface area (Å²) in [5.74, 6) is -1.11. The summed E-state index contributed by atoms with van der Waals surface area (Å²) in [5, 5.41) is 8.77. The lowest BCUT2D eigenvalue weighted by molar-refractivity contribution is 0.0702. The van der Waals surface area contributed by atoms with E-state index in [1.54, 1.807) is 20.8 Å². The molecular weight excluding hydrogens is 250 g/mol. The van der Waals surface area contributed by atoms with Gasteiger partial charge in [0.25, 0.3) is 0 Å². The molecule has 0 aliphatic rings. The van der Waals surface area contributed by atoms with Crippen molar-refractivity contribution >= 4 is 27.3 Å². The summed E-state index contributed by atoms with van der Waals surface area (Å²) >= 11 is 0.958. The average Bonchev–Trinajstić information content (AvgIpc) is 2.45. The highest BCUT2D eigenvalue weighted by Crippen LogP contribution is 2.25. The molecule has 0 aliphatic carbocycles. The zero-order valence-corrected chi connectivity index (χ0v) is 10.8. The molecule has 0 amide bonds. The highest BCUT2D eigenvalue weighted by atomic mass is 32.2. The van der Waals surface area contributed by atoms with Crippen LogP contribution in [0.2, 0.25) is 0 Å². The van der Waals surface area contributed by atoms with Gasteiger partial charge < -0.3 is 5.11 Å². The molecule has 1 aromatic rings. The maximum absolute atomic E-state index is 11.8. The number of aryl methyl sites for hydroxylation is 1. The number of hydrogen-bond donors (Lipinski definition) is 2. The predicted octanol–water partition coefficient (Wildman–Crippen LogP) is 1.44. The van der Waals surface area contributed by atoms with E-state index in [0.29, 0.717) is 4.88 Å². The van der Waals surface area contributed by atoms with E-state index in [1.807, 2.05) is 0 Å². The van der Waals surface area contributed by atoms with Gasteiger partial charge in [-0.3, -0.25) is 0 Å². The molecule has 0 aliphatic heterocycles. The van der Waals surface area contributed by atoms with Crippen LogP contribution in [0.4, 0.5) is 0 Å². The molecule has 0 saturated carbocycles. The van der Waals surface area contributed by atoms with Crippen molar-refractivity contribution in [2.75, 3.05) is 0 Å². The quantitative estimate of drug-likeness (QED) is 0.861. The van der Waals surface area contributed by atoms with Crippen molar-refractivity contribution in [1.29, 1.82) is 0 Å². The van der Waals surface area contributed by atoms with Crippen LogP contribution in [0, 0.1) is 6.92 Å². The third kappa shape index (κ3) is 2.81. The van der Waals surface area contributed by atoms with Gasteiger partial charge >= 0.3 is 5.97 Å². The number of sulfonamides is 1. The Labute approximate surface area is 98.2 Å². The lowest BCUT2D eigenvalue weighted by Crippen LogP contribution is -2.30. The summed E-state index contributed by atoms with van der Waals surface area (Å²) in [6.07, 6.45) is 0. The van der Waals surface area contributed by atoms with Crippen molar-refractivity contribution in [3.63, 3.8) is 0 Å². The fraction of sp³-hybridized carbons (Fsp3) is 0.444. The minimum absolute atomic E-state index is 0.0293. The second-order valence-corrected chi connectivity index (χ2v) is 6.55. The number of rotatable bonds is 4. The lowest BCUT2D eigenvalue weighted by atomic mass is 10.4. The largest absolute Gasteiger partial charge is 0.477 e. The van der Waals surface area contributed by atoms with Crippen molar-refractivity contribution in [3.8, 4) is 0 Å². The van der Waals surface area contributed by atoms with E-state index in [9.17, 15) is 13.2 Å². The number of thiophene rings is 1. The highest BCUT2D eigenvalue weighted by Gasteiger charge is 2.22. The van der Waals surface area contributed by atoms with Gasteiger partial charge in [0.1, 0.15) is 4.88 Å². The molecule has 1 heterocycles. The SMILES string of the molecule is Cc1sc(C(=O)O)cc1S(=O)(=O)NC(C)C. The van der Waals surface area contributed by atoms with Crippen molar-refractivity contribution in [2.45, 2.75) is 31.7 Å². The fourth-order valence-electron chi connectivity index (χ4n) is 1.21. The molecule has 16 heavy (non-hydrogen) atoms. The van der Waals surface area contributed by atoms with E-state index < -0.39 is 16.0 Å². The third-order valence-electron chi connectivity index (χ3n) is 1.76. The Morgan fingerprint density at radius 2 is 2.06 bits per heavy atom. The maximum atomic E-state index is 11.8. The molecule has 0 aromatic carbocycles. The fourth-order valence-corrected chi connectivity index (χ4v) is 3.89. The number of carboxylic acids is 1. The second kappa shape index (κ2) is 4.52. The van der Waals surface area contributed by atoms with Gasteiger partial charge in [-0.25, -0.2) is 17.9 Å². The van der Waals surface area contributed by atoms with Gasteiger partial charge in [0.05, 0.1) is 4.90 Å². The van der Waals surface area contributed by atoms with E-state index in [4.69, 9.17) is 5.11 Å². The van der Waals surface area contributed by atoms with Crippen LogP contribution in [-0.2, 0) is 10.0 Å². The Balaban J connectivity index is 3.18. The van der Waals surface area contributed by atoms with Gasteiger partial charge in [-0.2, -0.15) is 0 Å². The number of hydrogen-bond acceptors (Lipinski definition) is 4. The molecule has 2 N–H and O–H groups in total. The number of nitrogens with one attached hydrogen (secondary N) is 1. The van der Waals surface area contributed by atoms with E-state index >= 15 is 0 Å². The molecule has 0 fully saturated rings. The normalized spacial score (nSPS) is 12.0. The smallest absolute Gasteiger partial charge is 0.345 e. The van der Waals surface area contributed by atoms with Crippen molar-refractivity contribution in [3.05, 3.63) is 15.8 Å². The van der Waals surface area contributed by atoms with Crippen LogP contribution in [0.1, 0.15) is 28.4 Å². The molecule has 1 aromatic heterocycles. The standard InChI is InChI=1S/C9H13NO4S2/c1-5(2)10-16(13,14)8-4-7(9(11)12)15-6(8)3/h4-5,10H,1-3H3,(H,11,12). The molecule has 1 rings (SSSR count). The first-order valence-corrected chi connectivity index (χ1v) is 6.90. The zero-order chi connectivity index (χ0) is 12.5. The van der Waals surface area contributed by atoms with E-state index in [1.165, 1.54) is 6.07 Å². The molecule has 7 heteroatoms. The minimum Gasteiger partial charge on any atom is -0.477 e. The van der Waals surface area contributed by atoms with E-state index in [2.05, 4.69) is 4.72 Å². The number of carboxylic acid groups (broad SMARTS) is 1. The van der Waals surface area contributed by atoms with Crippen LogP contribution in [0.25, 0.3) is 0 Å². The summed E-state index contributed by atoms with van der Waals surface area (Å²) in [6.45, 7) is 5.00. The molecule has 90 valence electrons. The average molecular weight is 263 g/mol. The molecule has 0 bridgehead atoms. The highest BCUT2D eigenvalue weighted by molar-refractivity contribution is 7.89. The van der Waals surface area contributed by atoms with E-state index in [0.717, 1.165) is 11.3 Å². The summed E-state index contributed by atoms with van der Waals surface area (Å²) in [6, 6.07) is 0.963. The molecule has 0 atom stereocenters. The second-order valence-electron chi connectivity index (χ2n) is 3.61. The summed E-state index contributed by atoms with van der Waals surface area (Å²) in [5.41, 5.74) is 0. The molecule has 0 saturated heterocycles. The Kier molecular flexibility index (Phi) is 3.72. The van der Waals surface area contributed by atoms with Crippen LogP contribution in [0.5, 0.6) is 0 Å². The van der Waals surface area contributed by atoms with Gasteiger partial charge in [0.15, 0.2) is 0 Å². The molecule has 0 radical (unpaired) electrons. The van der Waals surface area contributed by atoms with Gasteiger partial charge in [-0.05, 0) is 26.8 Å². The monoisotopic (exact) mass is 263 g/mol. The van der Waals surface area contributed by atoms with E-state index in [-0.39, 0.29) is 15.8 Å². The maximum Gasteiger partial charge on any atom is 0.345 e. The van der Waals surface area contributed by atoms with Gasteiger partial charge in [-0.15, -0.1) is 11.3 Å². The van der Waals surface area contributed by atoms with Crippen molar-refractivity contribution in [2.24, 2.45) is 0 Å². The van der Waals surface area contributed by atoms with Gasteiger partial charge in [-0.1, -0.05) is 0 Å². The summed E-state index contributed by atoms with van der Waals surface area (Å²) in [4.78, 5) is 11.3. The van der Waals surface area contributed by atoms with Crippen LogP contribution < -0.4 is 4.72 Å². The molecule has 0 unspecified atom stereocenters. The summed E-state index contributed by atoms with van der Waals surface area (Å²) < 4.78 is 26.0. The first kappa shape index (κ1) is 13.1. The van der Waals surface area contributed by atoms with Crippen LogP contribution in [0.15, 0.2) is 11.0 Å². The topological polar surface area (TPSA) is 83.5 Å². The Morgan fingerprint density at radius 3 is 2.44 bits per heavy atom. The first-order valence-electron chi connectivity index (χ1n) is 4.60.